The number of pyridine rings is 1. The van der Waals surface area contributed by atoms with Crippen molar-refractivity contribution in [2.24, 2.45) is 0 Å². The molecule has 6 rings (SSSR count). The third kappa shape index (κ3) is 5.36. The van der Waals surface area contributed by atoms with Gasteiger partial charge in [0.1, 0.15) is 5.75 Å². The van der Waals surface area contributed by atoms with Crippen LogP contribution >= 0.6 is 0 Å². The molecule has 224 valence electrons. The molecule has 0 fully saturated rings. The topological polar surface area (TPSA) is 79.4 Å². The van der Waals surface area contributed by atoms with Gasteiger partial charge in [0.15, 0.2) is 23.0 Å². The van der Waals surface area contributed by atoms with Crippen molar-refractivity contribution in [3.05, 3.63) is 83.0 Å². The van der Waals surface area contributed by atoms with Gasteiger partial charge in [0, 0.05) is 24.0 Å². The van der Waals surface area contributed by atoms with Gasteiger partial charge in [-0.05, 0) is 85.7 Å². The van der Waals surface area contributed by atoms with E-state index in [4.69, 9.17) is 23.7 Å². The van der Waals surface area contributed by atoms with E-state index in [9.17, 15) is 4.79 Å². The van der Waals surface area contributed by atoms with Crippen LogP contribution in [0.4, 0.5) is 0 Å². The van der Waals surface area contributed by atoms with Crippen molar-refractivity contribution in [1.29, 1.82) is 0 Å². The first-order valence-corrected chi connectivity index (χ1v) is 14.8. The van der Waals surface area contributed by atoms with Crippen LogP contribution in [0.15, 0.2) is 60.8 Å². The van der Waals surface area contributed by atoms with Crippen molar-refractivity contribution in [2.45, 2.75) is 44.1 Å². The molecule has 0 saturated carbocycles. The molecule has 1 unspecified atom stereocenters. The van der Waals surface area contributed by atoms with Crippen LogP contribution in [0.2, 0.25) is 0 Å². The minimum atomic E-state index is -0.801. The minimum Gasteiger partial charge on any atom is -0.493 e. The highest BCUT2D eigenvalue weighted by Gasteiger charge is 2.48. The molecule has 43 heavy (non-hydrogen) atoms. The van der Waals surface area contributed by atoms with E-state index in [-0.39, 0.29) is 5.97 Å². The summed E-state index contributed by atoms with van der Waals surface area (Å²) in [5.74, 6) is 3.08. The predicted octanol–water partition coefficient (Wildman–Crippen LogP) is 5.90. The molecule has 3 aromatic carbocycles. The van der Waals surface area contributed by atoms with Crippen LogP contribution in [0.3, 0.4) is 0 Å². The van der Waals surface area contributed by atoms with Gasteiger partial charge >= 0.3 is 5.97 Å². The summed E-state index contributed by atoms with van der Waals surface area (Å²) in [4.78, 5) is 21.2. The van der Waals surface area contributed by atoms with Crippen molar-refractivity contribution in [3.63, 3.8) is 0 Å². The third-order valence-corrected chi connectivity index (χ3v) is 9.01. The number of esters is 1. The van der Waals surface area contributed by atoms with Crippen molar-refractivity contribution in [3.8, 4) is 28.7 Å². The number of para-hydroxylation sites is 1. The molecule has 1 aromatic heterocycles. The molecule has 8 heteroatoms. The molecule has 8 nitrogen and oxygen atoms in total. The molecule has 0 N–H and O–H groups in total. The lowest BCUT2D eigenvalue weighted by molar-refractivity contribution is -0.141. The summed E-state index contributed by atoms with van der Waals surface area (Å²) in [6.45, 7) is 2.64. The lowest BCUT2D eigenvalue weighted by Crippen LogP contribution is -2.39. The summed E-state index contributed by atoms with van der Waals surface area (Å²) < 4.78 is 28.5. The Morgan fingerprint density at radius 2 is 1.65 bits per heavy atom. The summed E-state index contributed by atoms with van der Waals surface area (Å²) in [7, 11) is 6.62. The third-order valence-electron chi connectivity index (χ3n) is 9.01. The molecular formula is C35H38N2O6. The zero-order chi connectivity index (χ0) is 30.0. The molecule has 0 saturated heterocycles. The average molecular weight is 583 g/mol. The maximum Gasteiger partial charge on any atom is 0.322 e. The Bertz CT molecular complexity index is 1650. The van der Waals surface area contributed by atoms with Crippen LogP contribution in [0.25, 0.3) is 10.9 Å². The van der Waals surface area contributed by atoms with Gasteiger partial charge in [0.2, 0.25) is 0 Å². The summed E-state index contributed by atoms with van der Waals surface area (Å²) in [6.07, 6.45) is 5.42. The van der Waals surface area contributed by atoms with Crippen LogP contribution in [0.5, 0.6) is 28.7 Å². The van der Waals surface area contributed by atoms with Gasteiger partial charge in [-0.3, -0.25) is 14.7 Å². The number of ether oxygens (including phenoxy) is 5. The van der Waals surface area contributed by atoms with Crippen LogP contribution in [-0.4, -0.2) is 57.4 Å². The predicted molar refractivity (Wildman–Crippen MR) is 165 cm³/mol. The Morgan fingerprint density at radius 3 is 2.42 bits per heavy atom. The Kier molecular flexibility index (Phi) is 8.13. The molecule has 4 aromatic rings. The standard InChI is InChI=1S/C35H38N2O6/c1-39-30-11-10-28-27(33(30)42-4)12-15-35(28,34(38)43-26-18-24-8-5-6-9-29(24)36-21-26)14-7-16-37-17-13-23-19-31(40-2)32(41-3)20-25(23)22-37/h5-6,8-11,18-21H,7,12-17,22H2,1-4H3. The van der Waals surface area contributed by atoms with Gasteiger partial charge in [-0.15, -0.1) is 0 Å². The first-order chi connectivity index (χ1) is 21.0. The fourth-order valence-electron chi connectivity index (χ4n) is 6.78. The fraction of sp³-hybridized carbons (Fsp3) is 0.371. The van der Waals surface area contributed by atoms with E-state index in [1.807, 2.05) is 42.5 Å². The van der Waals surface area contributed by atoms with E-state index in [0.29, 0.717) is 36.5 Å². The Hall–Kier alpha value is -4.30. The molecule has 0 amide bonds. The number of methoxy groups -OCH3 is 4. The van der Waals surface area contributed by atoms with E-state index < -0.39 is 5.41 Å². The van der Waals surface area contributed by atoms with E-state index in [1.54, 1.807) is 34.6 Å². The molecular weight excluding hydrogens is 544 g/mol. The van der Waals surface area contributed by atoms with E-state index in [1.165, 1.54) is 11.1 Å². The smallest absolute Gasteiger partial charge is 0.322 e. The van der Waals surface area contributed by atoms with Gasteiger partial charge in [0.05, 0.1) is 45.6 Å². The molecule has 0 bridgehead atoms. The van der Waals surface area contributed by atoms with Crippen molar-refractivity contribution < 1.29 is 28.5 Å². The second-order valence-corrected chi connectivity index (χ2v) is 11.3. The van der Waals surface area contributed by atoms with E-state index in [2.05, 4.69) is 22.0 Å². The number of hydrogen-bond donors (Lipinski definition) is 0. The summed E-state index contributed by atoms with van der Waals surface area (Å²) >= 11 is 0. The second-order valence-electron chi connectivity index (χ2n) is 11.3. The molecule has 1 aliphatic heterocycles. The van der Waals surface area contributed by atoms with Crippen molar-refractivity contribution in [2.75, 3.05) is 41.5 Å². The summed E-state index contributed by atoms with van der Waals surface area (Å²) in [5, 5.41) is 0.930. The van der Waals surface area contributed by atoms with Gasteiger partial charge < -0.3 is 23.7 Å². The van der Waals surface area contributed by atoms with E-state index >= 15 is 0 Å². The van der Waals surface area contributed by atoms with Gasteiger partial charge in [-0.2, -0.15) is 0 Å². The highest BCUT2D eigenvalue weighted by atomic mass is 16.5. The second kappa shape index (κ2) is 12.1. The Balaban J connectivity index is 1.25. The van der Waals surface area contributed by atoms with Gasteiger partial charge in [0.25, 0.3) is 0 Å². The highest BCUT2D eigenvalue weighted by molar-refractivity contribution is 5.88. The van der Waals surface area contributed by atoms with Crippen molar-refractivity contribution in [1.82, 2.24) is 9.88 Å². The van der Waals surface area contributed by atoms with Gasteiger partial charge in [-0.1, -0.05) is 24.3 Å². The number of carbonyl (C=O) groups is 1. The Labute approximate surface area is 252 Å². The Morgan fingerprint density at radius 1 is 0.884 bits per heavy atom. The number of rotatable bonds is 10. The largest absolute Gasteiger partial charge is 0.493 e. The zero-order valence-corrected chi connectivity index (χ0v) is 25.3. The zero-order valence-electron chi connectivity index (χ0n) is 25.3. The fourth-order valence-corrected chi connectivity index (χ4v) is 6.78. The number of benzene rings is 3. The number of nitrogens with zero attached hydrogens (tertiary/aromatic N) is 2. The first-order valence-electron chi connectivity index (χ1n) is 14.8. The molecule has 1 aliphatic carbocycles. The number of aromatic nitrogens is 1. The van der Waals surface area contributed by atoms with Crippen LogP contribution in [0, 0.1) is 0 Å². The van der Waals surface area contributed by atoms with Gasteiger partial charge in [-0.25, -0.2) is 0 Å². The monoisotopic (exact) mass is 582 g/mol. The molecule has 1 atom stereocenters. The molecule has 2 heterocycles. The van der Waals surface area contributed by atoms with Crippen LogP contribution in [0.1, 0.15) is 41.5 Å². The minimum absolute atomic E-state index is 0.253. The summed E-state index contributed by atoms with van der Waals surface area (Å²) in [5.41, 5.74) is 4.59. The van der Waals surface area contributed by atoms with Crippen LogP contribution < -0.4 is 23.7 Å². The normalized spacial score (nSPS) is 17.7. The quantitative estimate of drug-likeness (QED) is 0.214. The number of hydrogen-bond acceptors (Lipinski definition) is 8. The van der Waals surface area contributed by atoms with Crippen LogP contribution in [-0.2, 0) is 29.6 Å². The average Bonchev–Trinajstić information content (AvgIpc) is 3.43. The SMILES string of the molecule is COc1cc2c(cc1OC)CN(CCCC1(C(=O)Oc3cnc4ccccc4c3)CCc3c1ccc(OC)c3OC)CC2. The lowest BCUT2D eigenvalue weighted by Gasteiger charge is -2.32. The lowest BCUT2D eigenvalue weighted by atomic mass is 9.77. The van der Waals surface area contributed by atoms with Crippen molar-refractivity contribution >= 4 is 16.9 Å². The number of fused-ring (bicyclic) bond motifs is 3. The first kappa shape index (κ1) is 28.8. The molecule has 0 radical (unpaired) electrons. The molecule has 0 spiro atoms. The maximum absolute atomic E-state index is 14.2. The maximum atomic E-state index is 14.2. The van der Waals surface area contributed by atoms with E-state index in [0.717, 1.165) is 66.0 Å². The molecule has 2 aliphatic rings. The number of carbonyl (C=O) groups excluding carboxylic acids is 1. The highest BCUT2D eigenvalue weighted by Crippen LogP contribution is 2.49. The summed E-state index contributed by atoms with van der Waals surface area (Å²) in [6, 6.07) is 17.8.